The minimum atomic E-state index is -0.0134. The van der Waals surface area contributed by atoms with Gasteiger partial charge in [0.1, 0.15) is 12.4 Å². The van der Waals surface area contributed by atoms with Gasteiger partial charge >= 0.3 is 0 Å². The van der Waals surface area contributed by atoms with Crippen LogP contribution in [0.4, 0.5) is 0 Å². The number of nitrogens with one attached hydrogen (secondary N) is 1. The maximum absolute atomic E-state index is 11.5. The SMILES string of the molecule is CCC(=C(c1ccccc1)c1ccc(OCCNCC=CC(=O)N(C)C)cc1)c1ccccc1. The zero-order valence-electron chi connectivity index (χ0n) is 20.3. The molecule has 176 valence electrons. The van der Waals surface area contributed by atoms with Crippen LogP contribution in [0.1, 0.15) is 30.0 Å². The van der Waals surface area contributed by atoms with Crippen LogP contribution in [0.3, 0.4) is 0 Å². The summed E-state index contributed by atoms with van der Waals surface area (Å²) in [5, 5.41) is 3.25. The second kappa shape index (κ2) is 13.2. The van der Waals surface area contributed by atoms with Crippen molar-refractivity contribution in [3.8, 4) is 5.75 Å². The molecule has 1 amide bonds. The number of hydrogen-bond acceptors (Lipinski definition) is 3. The molecule has 0 aliphatic rings. The second-order valence-corrected chi connectivity index (χ2v) is 8.15. The molecule has 4 heteroatoms. The van der Waals surface area contributed by atoms with Crippen molar-refractivity contribution in [3.63, 3.8) is 0 Å². The van der Waals surface area contributed by atoms with Gasteiger partial charge in [-0.25, -0.2) is 0 Å². The Labute approximate surface area is 203 Å². The summed E-state index contributed by atoms with van der Waals surface area (Å²) in [6, 6.07) is 29.5. The first-order valence-electron chi connectivity index (χ1n) is 11.8. The molecule has 1 N–H and O–H groups in total. The van der Waals surface area contributed by atoms with E-state index in [0.29, 0.717) is 19.7 Å². The fourth-order valence-electron chi connectivity index (χ4n) is 3.74. The van der Waals surface area contributed by atoms with Crippen LogP contribution in [-0.4, -0.2) is 44.6 Å². The molecule has 3 aromatic carbocycles. The number of allylic oxidation sites excluding steroid dienone is 1. The van der Waals surface area contributed by atoms with Gasteiger partial charge in [0.2, 0.25) is 5.91 Å². The van der Waals surface area contributed by atoms with Gasteiger partial charge in [-0.3, -0.25) is 4.79 Å². The van der Waals surface area contributed by atoms with Gasteiger partial charge in [-0.05, 0) is 46.4 Å². The monoisotopic (exact) mass is 454 g/mol. The first-order valence-corrected chi connectivity index (χ1v) is 11.8. The van der Waals surface area contributed by atoms with Gasteiger partial charge in [0.25, 0.3) is 0 Å². The molecule has 0 saturated carbocycles. The Morgan fingerprint density at radius 1 is 0.853 bits per heavy atom. The number of hydrogen-bond donors (Lipinski definition) is 1. The maximum atomic E-state index is 11.5. The number of ether oxygens (including phenoxy) is 1. The Balaban J connectivity index is 1.68. The van der Waals surface area contributed by atoms with Crippen LogP contribution in [-0.2, 0) is 4.79 Å². The minimum Gasteiger partial charge on any atom is -0.492 e. The third-order valence-electron chi connectivity index (χ3n) is 5.49. The molecule has 0 spiro atoms. The lowest BCUT2D eigenvalue weighted by Crippen LogP contribution is -2.22. The molecule has 34 heavy (non-hydrogen) atoms. The van der Waals surface area contributed by atoms with E-state index in [2.05, 4.69) is 85.0 Å². The van der Waals surface area contributed by atoms with E-state index in [0.717, 1.165) is 12.2 Å². The topological polar surface area (TPSA) is 41.6 Å². The molecule has 0 aromatic heterocycles. The average Bonchev–Trinajstić information content (AvgIpc) is 2.88. The molecule has 0 unspecified atom stereocenters. The summed E-state index contributed by atoms with van der Waals surface area (Å²) < 4.78 is 5.91. The Morgan fingerprint density at radius 2 is 1.44 bits per heavy atom. The van der Waals surface area contributed by atoms with Crippen LogP contribution in [0.25, 0.3) is 11.1 Å². The van der Waals surface area contributed by atoms with Crippen LogP contribution in [0.15, 0.2) is 97.1 Å². The molecule has 3 aromatic rings. The highest BCUT2D eigenvalue weighted by Crippen LogP contribution is 2.34. The summed E-state index contributed by atoms with van der Waals surface area (Å²) in [5.74, 6) is 0.828. The van der Waals surface area contributed by atoms with Crippen molar-refractivity contribution in [2.45, 2.75) is 13.3 Å². The fourth-order valence-corrected chi connectivity index (χ4v) is 3.74. The predicted octanol–water partition coefficient (Wildman–Crippen LogP) is 5.67. The van der Waals surface area contributed by atoms with E-state index < -0.39 is 0 Å². The standard InChI is InChI=1S/C30H34N2O2/c1-4-28(24-12-7-5-8-13-24)30(25-14-9-6-10-15-25)26-17-19-27(20-18-26)34-23-22-31-21-11-16-29(33)32(2)3/h5-20,31H,4,21-23H2,1-3H3. The third-order valence-corrected chi connectivity index (χ3v) is 5.49. The molecule has 0 heterocycles. The van der Waals surface area contributed by atoms with E-state index in [4.69, 9.17) is 4.74 Å². The summed E-state index contributed by atoms with van der Waals surface area (Å²) >= 11 is 0. The van der Waals surface area contributed by atoms with E-state index in [9.17, 15) is 4.79 Å². The lowest BCUT2D eigenvalue weighted by atomic mass is 9.88. The minimum absolute atomic E-state index is 0.0134. The molecule has 0 atom stereocenters. The van der Waals surface area contributed by atoms with Gasteiger partial charge in [-0.15, -0.1) is 0 Å². The Morgan fingerprint density at radius 3 is 2.03 bits per heavy atom. The first kappa shape index (κ1) is 25.0. The Hall–Kier alpha value is -3.63. The Kier molecular flexibility index (Phi) is 9.68. The normalized spacial score (nSPS) is 11.9. The molecule has 0 radical (unpaired) electrons. The predicted molar refractivity (Wildman–Crippen MR) is 142 cm³/mol. The van der Waals surface area contributed by atoms with Crippen molar-refractivity contribution >= 4 is 17.1 Å². The summed E-state index contributed by atoms with van der Waals surface area (Å²) in [4.78, 5) is 13.1. The number of rotatable bonds is 11. The number of carbonyl (C=O) groups is 1. The number of amides is 1. The average molecular weight is 455 g/mol. The zero-order valence-corrected chi connectivity index (χ0v) is 20.3. The molecule has 3 rings (SSSR count). The van der Waals surface area contributed by atoms with Crippen LogP contribution >= 0.6 is 0 Å². The summed E-state index contributed by atoms with van der Waals surface area (Å²) in [6.45, 7) is 4.10. The van der Waals surface area contributed by atoms with Gasteiger partial charge in [-0.1, -0.05) is 85.8 Å². The molecular weight excluding hydrogens is 420 g/mol. The van der Waals surface area contributed by atoms with E-state index >= 15 is 0 Å². The smallest absolute Gasteiger partial charge is 0.245 e. The van der Waals surface area contributed by atoms with Crippen molar-refractivity contribution < 1.29 is 9.53 Å². The van der Waals surface area contributed by atoms with Crippen molar-refractivity contribution in [1.82, 2.24) is 10.2 Å². The number of benzene rings is 3. The van der Waals surface area contributed by atoms with Crippen molar-refractivity contribution in [2.24, 2.45) is 0 Å². The highest BCUT2D eigenvalue weighted by atomic mass is 16.5. The number of nitrogens with zero attached hydrogens (tertiary/aromatic N) is 1. The van der Waals surface area contributed by atoms with Gasteiger partial charge < -0.3 is 15.0 Å². The lowest BCUT2D eigenvalue weighted by Gasteiger charge is -2.17. The van der Waals surface area contributed by atoms with Gasteiger partial charge in [0.05, 0.1) is 0 Å². The zero-order chi connectivity index (χ0) is 24.2. The van der Waals surface area contributed by atoms with Crippen LogP contribution < -0.4 is 10.1 Å². The molecule has 0 bridgehead atoms. The third kappa shape index (κ3) is 7.19. The maximum Gasteiger partial charge on any atom is 0.245 e. The van der Waals surface area contributed by atoms with Crippen molar-refractivity contribution in [1.29, 1.82) is 0 Å². The highest BCUT2D eigenvalue weighted by Gasteiger charge is 2.13. The van der Waals surface area contributed by atoms with Crippen LogP contribution in [0.5, 0.6) is 5.75 Å². The van der Waals surface area contributed by atoms with Gasteiger partial charge in [0.15, 0.2) is 0 Å². The largest absolute Gasteiger partial charge is 0.492 e. The molecule has 0 fully saturated rings. The van der Waals surface area contributed by atoms with Crippen molar-refractivity contribution in [2.75, 3.05) is 33.8 Å². The molecule has 0 aliphatic carbocycles. The molecule has 4 nitrogen and oxygen atoms in total. The van der Waals surface area contributed by atoms with Gasteiger partial charge in [0, 0.05) is 33.3 Å². The number of carbonyl (C=O) groups excluding carboxylic acids is 1. The van der Waals surface area contributed by atoms with E-state index in [1.54, 1.807) is 25.1 Å². The number of likely N-dealkylation sites (N-methyl/N-ethyl adjacent to an activating group) is 1. The van der Waals surface area contributed by atoms with E-state index in [1.807, 2.05) is 18.2 Å². The molecule has 0 saturated heterocycles. The second-order valence-electron chi connectivity index (χ2n) is 8.15. The molecule has 0 aliphatic heterocycles. The summed E-state index contributed by atoms with van der Waals surface area (Å²) in [5.41, 5.74) is 6.21. The summed E-state index contributed by atoms with van der Waals surface area (Å²) in [7, 11) is 3.48. The first-order chi connectivity index (χ1) is 16.6. The molecular formula is C30H34N2O2. The quantitative estimate of drug-likeness (QED) is 0.231. The summed E-state index contributed by atoms with van der Waals surface area (Å²) in [6.07, 6.45) is 4.34. The van der Waals surface area contributed by atoms with E-state index in [1.165, 1.54) is 27.8 Å². The fraction of sp³-hybridized carbons (Fsp3) is 0.233. The van der Waals surface area contributed by atoms with Crippen molar-refractivity contribution in [3.05, 3.63) is 114 Å². The van der Waals surface area contributed by atoms with Crippen LogP contribution in [0, 0.1) is 0 Å². The highest BCUT2D eigenvalue weighted by molar-refractivity contribution is 5.98. The van der Waals surface area contributed by atoms with E-state index in [-0.39, 0.29) is 5.91 Å². The Bertz CT molecular complexity index is 1090. The van der Waals surface area contributed by atoms with Gasteiger partial charge in [-0.2, -0.15) is 0 Å². The lowest BCUT2D eigenvalue weighted by molar-refractivity contribution is -0.123. The van der Waals surface area contributed by atoms with Crippen LogP contribution in [0.2, 0.25) is 0 Å².